The van der Waals surface area contributed by atoms with Gasteiger partial charge in [-0.2, -0.15) is 5.10 Å². The molecule has 1 atom stereocenters. The van der Waals surface area contributed by atoms with E-state index in [1.165, 1.54) is 23.1 Å². The minimum Gasteiger partial charge on any atom is -0.316 e. The fraction of sp³-hybridized carbons (Fsp3) is 0.500. The lowest BCUT2D eigenvalue weighted by Gasteiger charge is -2.18. The maximum Gasteiger partial charge on any atom is 0.0521 e. The molecule has 0 saturated carbocycles. The molecule has 2 rings (SSSR count). The van der Waals surface area contributed by atoms with Crippen LogP contribution in [0.2, 0.25) is 0 Å². The summed E-state index contributed by atoms with van der Waals surface area (Å²) in [6.07, 6.45) is 6.39. The summed E-state index contributed by atoms with van der Waals surface area (Å²) in [7, 11) is 0. The van der Waals surface area contributed by atoms with E-state index in [9.17, 15) is 0 Å². The van der Waals surface area contributed by atoms with Crippen LogP contribution in [0.1, 0.15) is 42.9 Å². The Balaban J connectivity index is 2.11. The molecule has 1 unspecified atom stereocenters. The van der Waals surface area contributed by atoms with Gasteiger partial charge in [0.2, 0.25) is 0 Å². The number of aryl methyl sites for hydroxylation is 2. The molecule has 3 heteroatoms. The monoisotopic (exact) mass is 285 g/mol. The molecule has 0 spiro atoms. The van der Waals surface area contributed by atoms with Gasteiger partial charge in [-0.3, -0.25) is 4.68 Å². The number of hydrogen-bond acceptors (Lipinski definition) is 2. The quantitative estimate of drug-likeness (QED) is 0.752. The number of hydrogen-bond donors (Lipinski definition) is 1. The normalized spacial score (nSPS) is 12.5. The van der Waals surface area contributed by atoms with Crippen molar-refractivity contribution < 1.29 is 0 Å². The van der Waals surface area contributed by atoms with Gasteiger partial charge in [0.05, 0.1) is 6.20 Å². The molecule has 0 fully saturated rings. The zero-order valence-electron chi connectivity index (χ0n) is 13.5. The van der Waals surface area contributed by atoms with Gasteiger partial charge in [-0.1, -0.05) is 36.8 Å². The van der Waals surface area contributed by atoms with E-state index in [4.69, 9.17) is 0 Å². The number of aromatic nitrogens is 2. The Hall–Kier alpha value is -1.61. The third kappa shape index (κ3) is 4.71. The van der Waals surface area contributed by atoms with Gasteiger partial charge in [0, 0.05) is 25.2 Å². The Bertz CT molecular complexity index is 545. The molecule has 1 heterocycles. The second-order valence-electron chi connectivity index (χ2n) is 5.72. The summed E-state index contributed by atoms with van der Waals surface area (Å²) in [6, 6.07) is 8.88. The van der Waals surface area contributed by atoms with E-state index in [0.29, 0.717) is 5.92 Å². The van der Waals surface area contributed by atoms with Gasteiger partial charge >= 0.3 is 0 Å². The van der Waals surface area contributed by atoms with Gasteiger partial charge in [0.25, 0.3) is 0 Å². The van der Waals surface area contributed by atoms with Gasteiger partial charge in [0.15, 0.2) is 0 Å². The maximum atomic E-state index is 4.39. The van der Waals surface area contributed by atoms with Crippen molar-refractivity contribution in [2.45, 2.75) is 46.1 Å². The predicted molar refractivity (Wildman–Crippen MR) is 88.7 cm³/mol. The van der Waals surface area contributed by atoms with Crippen molar-refractivity contribution in [3.63, 3.8) is 0 Å². The van der Waals surface area contributed by atoms with Gasteiger partial charge < -0.3 is 5.32 Å². The highest BCUT2D eigenvalue weighted by molar-refractivity contribution is 5.27. The summed E-state index contributed by atoms with van der Waals surface area (Å²) in [6.45, 7) is 9.53. The van der Waals surface area contributed by atoms with E-state index in [1.807, 2.05) is 10.9 Å². The molecule has 114 valence electrons. The zero-order chi connectivity index (χ0) is 15.1. The van der Waals surface area contributed by atoms with Crippen molar-refractivity contribution in [1.82, 2.24) is 15.1 Å². The van der Waals surface area contributed by atoms with Crippen LogP contribution in [0.5, 0.6) is 0 Å². The first-order valence-corrected chi connectivity index (χ1v) is 8.01. The average Bonchev–Trinajstić information content (AvgIpc) is 2.94. The smallest absolute Gasteiger partial charge is 0.0521 e. The molecular formula is C18H27N3. The Kier molecular flexibility index (Phi) is 6.00. The fourth-order valence-corrected chi connectivity index (χ4v) is 2.65. The lowest BCUT2D eigenvalue weighted by Crippen LogP contribution is -2.23. The van der Waals surface area contributed by atoms with Crippen molar-refractivity contribution in [2.24, 2.45) is 0 Å². The van der Waals surface area contributed by atoms with Crippen LogP contribution >= 0.6 is 0 Å². The lowest BCUT2D eigenvalue weighted by molar-refractivity contribution is 0.576. The first kappa shape index (κ1) is 15.8. The van der Waals surface area contributed by atoms with Crippen LogP contribution in [0.15, 0.2) is 36.7 Å². The van der Waals surface area contributed by atoms with Crippen molar-refractivity contribution in [3.05, 3.63) is 53.3 Å². The number of benzene rings is 1. The minimum absolute atomic E-state index is 0.506. The van der Waals surface area contributed by atoms with Crippen LogP contribution < -0.4 is 5.32 Å². The molecule has 1 aromatic heterocycles. The highest BCUT2D eigenvalue weighted by Crippen LogP contribution is 2.21. The van der Waals surface area contributed by atoms with Gasteiger partial charge in [-0.05, 0) is 44.4 Å². The van der Waals surface area contributed by atoms with E-state index in [1.54, 1.807) is 0 Å². The molecule has 1 aromatic carbocycles. The summed E-state index contributed by atoms with van der Waals surface area (Å²) < 4.78 is 2.00. The second-order valence-corrected chi connectivity index (χ2v) is 5.72. The molecular weight excluding hydrogens is 258 g/mol. The van der Waals surface area contributed by atoms with E-state index >= 15 is 0 Å². The first-order chi connectivity index (χ1) is 10.2. The van der Waals surface area contributed by atoms with Crippen LogP contribution in [0.4, 0.5) is 0 Å². The van der Waals surface area contributed by atoms with Crippen molar-refractivity contribution >= 4 is 0 Å². The van der Waals surface area contributed by atoms with Crippen molar-refractivity contribution in [1.29, 1.82) is 0 Å². The summed E-state index contributed by atoms with van der Waals surface area (Å²) in [5, 5.41) is 7.96. The third-order valence-corrected chi connectivity index (χ3v) is 3.82. The molecule has 21 heavy (non-hydrogen) atoms. The van der Waals surface area contributed by atoms with E-state index in [0.717, 1.165) is 26.1 Å². The Morgan fingerprint density at radius 1 is 1.29 bits per heavy atom. The summed E-state index contributed by atoms with van der Waals surface area (Å²) in [4.78, 5) is 0. The van der Waals surface area contributed by atoms with Crippen LogP contribution in [-0.2, 0) is 13.0 Å². The van der Waals surface area contributed by atoms with E-state index < -0.39 is 0 Å². The molecule has 1 N–H and O–H groups in total. The summed E-state index contributed by atoms with van der Waals surface area (Å²) in [5.41, 5.74) is 4.07. The number of rotatable bonds is 8. The molecule has 2 aromatic rings. The van der Waals surface area contributed by atoms with Gasteiger partial charge in [-0.15, -0.1) is 0 Å². The van der Waals surface area contributed by atoms with Crippen molar-refractivity contribution in [2.75, 3.05) is 13.1 Å². The van der Waals surface area contributed by atoms with Crippen molar-refractivity contribution in [3.8, 4) is 0 Å². The molecule has 0 radical (unpaired) electrons. The largest absolute Gasteiger partial charge is 0.316 e. The molecule has 0 aliphatic heterocycles. The summed E-state index contributed by atoms with van der Waals surface area (Å²) in [5.74, 6) is 0.506. The minimum atomic E-state index is 0.506. The van der Waals surface area contributed by atoms with Crippen LogP contribution in [-0.4, -0.2) is 22.9 Å². The standard InChI is InChI=1S/C18H27N3/c1-4-9-19-13-18(17-8-6-7-15(3)10-17)11-16-12-20-21(5-2)14-16/h6-8,10,12,14,18-19H,4-5,9,11,13H2,1-3H3. The predicted octanol–water partition coefficient (Wildman–Crippen LogP) is 3.54. The maximum absolute atomic E-state index is 4.39. The van der Waals surface area contributed by atoms with E-state index in [2.05, 4.69) is 61.6 Å². The van der Waals surface area contributed by atoms with E-state index in [-0.39, 0.29) is 0 Å². The highest BCUT2D eigenvalue weighted by Gasteiger charge is 2.13. The Morgan fingerprint density at radius 2 is 2.14 bits per heavy atom. The third-order valence-electron chi connectivity index (χ3n) is 3.82. The Labute approximate surface area is 128 Å². The van der Waals surface area contributed by atoms with Crippen LogP contribution in [0, 0.1) is 6.92 Å². The van der Waals surface area contributed by atoms with Gasteiger partial charge in [0.1, 0.15) is 0 Å². The zero-order valence-corrected chi connectivity index (χ0v) is 13.5. The summed E-state index contributed by atoms with van der Waals surface area (Å²) >= 11 is 0. The molecule has 3 nitrogen and oxygen atoms in total. The second kappa shape index (κ2) is 7.99. The molecule has 0 saturated heterocycles. The fourth-order valence-electron chi connectivity index (χ4n) is 2.65. The lowest BCUT2D eigenvalue weighted by atomic mass is 9.92. The number of nitrogens with one attached hydrogen (secondary N) is 1. The SMILES string of the molecule is CCCNCC(Cc1cnn(CC)c1)c1cccc(C)c1. The molecule has 0 amide bonds. The van der Waals surface area contributed by atoms with Gasteiger partial charge in [-0.25, -0.2) is 0 Å². The van der Waals surface area contributed by atoms with Crippen LogP contribution in [0.25, 0.3) is 0 Å². The molecule has 0 aliphatic rings. The van der Waals surface area contributed by atoms with Crippen LogP contribution in [0.3, 0.4) is 0 Å². The topological polar surface area (TPSA) is 29.9 Å². The average molecular weight is 285 g/mol. The molecule has 0 bridgehead atoms. The first-order valence-electron chi connectivity index (χ1n) is 8.01. The highest BCUT2D eigenvalue weighted by atomic mass is 15.3. The molecule has 0 aliphatic carbocycles. The Morgan fingerprint density at radius 3 is 2.81 bits per heavy atom. The number of nitrogens with zero attached hydrogens (tertiary/aromatic N) is 2.